The highest BCUT2D eigenvalue weighted by Gasteiger charge is 2.18. The third-order valence-corrected chi connectivity index (χ3v) is 5.38. The van der Waals surface area contributed by atoms with Gasteiger partial charge in [0.2, 0.25) is 0 Å². The Bertz CT molecular complexity index is 1050. The summed E-state index contributed by atoms with van der Waals surface area (Å²) in [5.41, 5.74) is 3.09. The van der Waals surface area contributed by atoms with Gasteiger partial charge >= 0.3 is 5.97 Å². The van der Waals surface area contributed by atoms with Crippen LogP contribution in [-0.2, 0) is 4.79 Å². The Hall–Kier alpha value is -2.51. The minimum absolute atomic E-state index is 0.245. The van der Waals surface area contributed by atoms with Gasteiger partial charge in [-0.15, -0.1) is 11.3 Å². The van der Waals surface area contributed by atoms with E-state index in [1.54, 1.807) is 12.1 Å². The molecule has 1 atom stereocenters. The smallest absolute Gasteiger partial charge is 0.328 e. The van der Waals surface area contributed by atoms with E-state index >= 15 is 0 Å². The van der Waals surface area contributed by atoms with Crippen LogP contribution in [0.2, 0.25) is 0 Å². The van der Waals surface area contributed by atoms with Crippen LogP contribution >= 0.6 is 27.3 Å². The SMILES string of the molecule is Cc1ccc(C(=O)n2c(-c3ccc(Br)cc3)csc2=NC(C)C(=O)O)cc1. The van der Waals surface area contributed by atoms with Crippen molar-refractivity contribution in [2.45, 2.75) is 19.9 Å². The first-order valence-electron chi connectivity index (χ1n) is 8.21. The number of carbonyl (C=O) groups excluding carboxylic acids is 1. The summed E-state index contributed by atoms with van der Waals surface area (Å²) in [4.78, 5) is 29.0. The minimum Gasteiger partial charge on any atom is -0.480 e. The lowest BCUT2D eigenvalue weighted by Crippen LogP contribution is -2.27. The van der Waals surface area contributed by atoms with Crippen molar-refractivity contribution in [1.29, 1.82) is 0 Å². The second-order valence-corrected chi connectivity index (χ2v) is 7.81. The number of thiazole rings is 1. The van der Waals surface area contributed by atoms with Crippen LogP contribution in [0.25, 0.3) is 11.3 Å². The number of aromatic nitrogens is 1. The molecular formula is C20H17BrN2O3S. The van der Waals surface area contributed by atoms with Crippen LogP contribution in [-0.4, -0.2) is 27.6 Å². The number of hydrogen-bond donors (Lipinski definition) is 1. The minimum atomic E-state index is -1.04. The van der Waals surface area contributed by atoms with Crippen molar-refractivity contribution in [2.75, 3.05) is 0 Å². The molecule has 0 saturated heterocycles. The number of benzene rings is 2. The summed E-state index contributed by atoms with van der Waals surface area (Å²) in [6.45, 7) is 3.44. The zero-order valence-electron chi connectivity index (χ0n) is 14.7. The first-order valence-corrected chi connectivity index (χ1v) is 9.88. The normalized spacial score (nSPS) is 12.8. The average molecular weight is 445 g/mol. The summed E-state index contributed by atoms with van der Waals surface area (Å²) in [7, 11) is 0. The van der Waals surface area contributed by atoms with Gasteiger partial charge in [0.05, 0.1) is 5.69 Å². The molecule has 138 valence electrons. The average Bonchev–Trinajstić information content (AvgIpc) is 3.05. The van der Waals surface area contributed by atoms with E-state index in [1.807, 2.05) is 48.7 Å². The molecule has 3 rings (SSSR count). The predicted molar refractivity (Wildman–Crippen MR) is 109 cm³/mol. The van der Waals surface area contributed by atoms with E-state index in [1.165, 1.54) is 22.8 Å². The standard InChI is InChI=1S/C20H17BrN2O3S/c1-12-3-5-15(6-4-12)18(24)23-17(14-7-9-16(21)10-8-14)11-27-20(23)22-13(2)19(25)26/h3-11,13H,1-2H3,(H,25,26). The third kappa shape index (κ3) is 4.26. The van der Waals surface area contributed by atoms with Crippen molar-refractivity contribution in [2.24, 2.45) is 4.99 Å². The van der Waals surface area contributed by atoms with Crippen molar-refractivity contribution in [3.05, 3.63) is 74.3 Å². The Balaban J connectivity index is 2.19. The Labute approximate surface area is 168 Å². The summed E-state index contributed by atoms with van der Waals surface area (Å²) >= 11 is 4.66. The highest BCUT2D eigenvalue weighted by Crippen LogP contribution is 2.23. The van der Waals surface area contributed by atoms with E-state index in [4.69, 9.17) is 0 Å². The van der Waals surface area contributed by atoms with E-state index < -0.39 is 12.0 Å². The Morgan fingerprint density at radius 2 is 1.74 bits per heavy atom. The van der Waals surface area contributed by atoms with Gasteiger partial charge in [-0.1, -0.05) is 45.8 Å². The zero-order chi connectivity index (χ0) is 19.6. The van der Waals surface area contributed by atoms with Crippen LogP contribution in [0.1, 0.15) is 22.8 Å². The molecule has 2 aromatic carbocycles. The lowest BCUT2D eigenvalue weighted by Gasteiger charge is -2.09. The number of aliphatic carboxylic acids is 1. The first kappa shape index (κ1) is 19.3. The fourth-order valence-corrected chi connectivity index (χ4v) is 3.69. The van der Waals surface area contributed by atoms with Gasteiger partial charge in [-0.3, -0.25) is 9.36 Å². The lowest BCUT2D eigenvalue weighted by molar-refractivity contribution is -0.138. The molecule has 0 bridgehead atoms. The molecule has 3 aromatic rings. The van der Waals surface area contributed by atoms with Crippen molar-refractivity contribution < 1.29 is 14.7 Å². The van der Waals surface area contributed by atoms with Gasteiger partial charge in [-0.05, 0) is 43.7 Å². The number of halogens is 1. The maximum absolute atomic E-state index is 13.2. The van der Waals surface area contributed by atoms with Gasteiger partial charge in [-0.25, -0.2) is 9.79 Å². The number of aryl methyl sites for hydroxylation is 1. The number of hydrogen-bond acceptors (Lipinski definition) is 4. The van der Waals surface area contributed by atoms with E-state index in [0.29, 0.717) is 16.1 Å². The number of carboxylic acids is 1. The Kier molecular flexibility index (Phi) is 5.72. The molecular weight excluding hydrogens is 428 g/mol. The number of carbonyl (C=O) groups is 2. The van der Waals surface area contributed by atoms with Crippen LogP contribution in [0.15, 0.2) is 63.4 Å². The predicted octanol–water partition coefficient (Wildman–Crippen LogP) is 4.35. The summed E-state index contributed by atoms with van der Waals surface area (Å²) in [5.74, 6) is -1.28. The molecule has 1 unspecified atom stereocenters. The molecule has 0 spiro atoms. The van der Waals surface area contributed by atoms with E-state index in [2.05, 4.69) is 20.9 Å². The molecule has 1 N–H and O–H groups in total. The van der Waals surface area contributed by atoms with Crippen molar-refractivity contribution in [1.82, 2.24) is 4.57 Å². The van der Waals surface area contributed by atoms with E-state index in [0.717, 1.165) is 15.6 Å². The Morgan fingerprint density at radius 1 is 1.11 bits per heavy atom. The quantitative estimate of drug-likeness (QED) is 0.649. The fraction of sp³-hybridized carbons (Fsp3) is 0.150. The van der Waals surface area contributed by atoms with Crippen molar-refractivity contribution >= 4 is 39.1 Å². The van der Waals surface area contributed by atoms with E-state index in [9.17, 15) is 14.7 Å². The molecule has 0 aliphatic rings. The molecule has 1 aromatic heterocycles. The number of nitrogens with zero attached hydrogens (tertiary/aromatic N) is 2. The third-order valence-electron chi connectivity index (χ3n) is 4.01. The van der Waals surface area contributed by atoms with E-state index in [-0.39, 0.29) is 5.91 Å². The van der Waals surface area contributed by atoms with Crippen LogP contribution in [0.5, 0.6) is 0 Å². The summed E-state index contributed by atoms with van der Waals surface area (Å²) in [6, 6.07) is 13.9. The highest BCUT2D eigenvalue weighted by molar-refractivity contribution is 9.10. The molecule has 0 fully saturated rings. The largest absolute Gasteiger partial charge is 0.480 e. The zero-order valence-corrected chi connectivity index (χ0v) is 17.1. The van der Waals surface area contributed by atoms with Gasteiger partial charge in [0.15, 0.2) is 4.80 Å². The van der Waals surface area contributed by atoms with Crippen LogP contribution in [0.4, 0.5) is 0 Å². The Morgan fingerprint density at radius 3 is 2.33 bits per heavy atom. The monoisotopic (exact) mass is 444 g/mol. The molecule has 0 aliphatic carbocycles. The lowest BCUT2D eigenvalue weighted by atomic mass is 10.1. The summed E-state index contributed by atoms with van der Waals surface area (Å²) in [5, 5.41) is 11.0. The maximum Gasteiger partial charge on any atom is 0.328 e. The fourth-order valence-electron chi connectivity index (χ4n) is 2.47. The molecule has 0 saturated carbocycles. The molecule has 0 amide bonds. The molecule has 27 heavy (non-hydrogen) atoms. The summed E-state index contributed by atoms with van der Waals surface area (Å²) in [6.07, 6.45) is 0. The molecule has 0 aliphatic heterocycles. The number of carboxylic acid groups (broad SMARTS) is 1. The second kappa shape index (κ2) is 8.02. The molecule has 1 heterocycles. The molecule has 5 nitrogen and oxygen atoms in total. The first-order chi connectivity index (χ1) is 12.9. The van der Waals surface area contributed by atoms with Crippen LogP contribution in [0.3, 0.4) is 0 Å². The summed E-state index contributed by atoms with van der Waals surface area (Å²) < 4.78 is 2.42. The molecule has 7 heteroatoms. The number of rotatable bonds is 4. The van der Waals surface area contributed by atoms with Gasteiger partial charge in [0, 0.05) is 15.4 Å². The van der Waals surface area contributed by atoms with Crippen LogP contribution < -0.4 is 4.80 Å². The van der Waals surface area contributed by atoms with Crippen LogP contribution in [0, 0.1) is 6.92 Å². The van der Waals surface area contributed by atoms with Gasteiger partial charge in [0.1, 0.15) is 6.04 Å². The highest BCUT2D eigenvalue weighted by atomic mass is 79.9. The second-order valence-electron chi connectivity index (χ2n) is 6.06. The van der Waals surface area contributed by atoms with Gasteiger partial charge in [-0.2, -0.15) is 0 Å². The topological polar surface area (TPSA) is 71.7 Å². The maximum atomic E-state index is 13.2. The molecule has 0 radical (unpaired) electrons. The van der Waals surface area contributed by atoms with Gasteiger partial charge in [0.25, 0.3) is 5.91 Å². The van der Waals surface area contributed by atoms with Gasteiger partial charge < -0.3 is 5.11 Å². The van der Waals surface area contributed by atoms with Crippen molar-refractivity contribution in [3.8, 4) is 11.3 Å². The van der Waals surface area contributed by atoms with Crippen molar-refractivity contribution in [3.63, 3.8) is 0 Å².